The fraction of sp³-hybridized carbons (Fsp3) is 0.846. The summed E-state index contributed by atoms with van der Waals surface area (Å²) in [5, 5.41) is 54.0. The zero-order valence-electron chi connectivity index (χ0n) is 40.0. The molecule has 0 aliphatic carbocycles. The fourth-order valence-electron chi connectivity index (χ4n) is 7.84. The molecule has 7 unspecified atom stereocenters. The second kappa shape index (κ2) is 42.5. The number of aliphatic hydroxyl groups excluding tert-OH is 5. The van der Waals surface area contributed by atoms with Crippen LogP contribution in [-0.2, 0) is 23.8 Å². The standard InChI is InChI=1S/C52H95NO10/c1-3-5-7-9-11-13-15-20-24-28-32-36-40-48(57)61-41-37-33-29-25-21-18-16-17-19-23-27-31-35-39-47(56)53-44(43-62-52-51(60)50(59)49(58)46(42-54)63-52)45(55)38-34-30-26-22-14-12-10-8-6-4-2/h17,19,27,31,34,38,44-46,49-52,54-55,58-60H,3-16,18,20-26,28-30,32-33,35-37,39-43H2,1-2H3,(H,53,56)/b19-17-,31-27-,38-34+. The number of aliphatic hydroxyl groups is 5. The van der Waals surface area contributed by atoms with Gasteiger partial charge in [-0.25, -0.2) is 0 Å². The number of hydrogen-bond acceptors (Lipinski definition) is 10. The Kier molecular flexibility index (Phi) is 39.7. The summed E-state index contributed by atoms with van der Waals surface area (Å²) in [4.78, 5) is 24.9. The topological polar surface area (TPSA) is 175 Å². The molecule has 11 heteroatoms. The van der Waals surface area contributed by atoms with Gasteiger partial charge < -0.3 is 45.1 Å². The minimum Gasteiger partial charge on any atom is -0.466 e. The maximum absolute atomic E-state index is 12.9. The molecule has 1 rings (SSSR count). The summed E-state index contributed by atoms with van der Waals surface area (Å²) in [5.74, 6) is -0.304. The molecular formula is C52H95NO10. The van der Waals surface area contributed by atoms with Gasteiger partial charge in [-0.2, -0.15) is 0 Å². The van der Waals surface area contributed by atoms with E-state index >= 15 is 0 Å². The molecule has 0 radical (unpaired) electrons. The van der Waals surface area contributed by atoms with Crippen LogP contribution in [0.1, 0.15) is 219 Å². The first kappa shape index (κ1) is 58.9. The minimum absolute atomic E-state index is 0.0395. The molecule has 1 aliphatic rings. The molecule has 0 aromatic carbocycles. The van der Waals surface area contributed by atoms with E-state index in [-0.39, 0.29) is 24.9 Å². The highest BCUT2D eigenvalue weighted by atomic mass is 16.7. The number of hydrogen-bond donors (Lipinski definition) is 6. The summed E-state index contributed by atoms with van der Waals surface area (Å²) in [7, 11) is 0. The van der Waals surface area contributed by atoms with Crippen molar-refractivity contribution in [2.45, 2.75) is 262 Å². The van der Waals surface area contributed by atoms with Gasteiger partial charge in [0.2, 0.25) is 5.91 Å². The molecular weight excluding hydrogens is 799 g/mol. The molecule has 7 atom stereocenters. The van der Waals surface area contributed by atoms with Gasteiger partial charge in [0.1, 0.15) is 24.4 Å². The summed E-state index contributed by atoms with van der Waals surface area (Å²) in [5.41, 5.74) is 0. The number of unbranched alkanes of at least 4 members (excludes halogenated alkanes) is 25. The lowest BCUT2D eigenvalue weighted by Gasteiger charge is -2.40. The number of carbonyl (C=O) groups is 2. The largest absolute Gasteiger partial charge is 0.466 e. The number of amides is 1. The van der Waals surface area contributed by atoms with E-state index in [1.54, 1.807) is 6.08 Å². The number of nitrogens with one attached hydrogen (secondary N) is 1. The van der Waals surface area contributed by atoms with Crippen LogP contribution < -0.4 is 5.32 Å². The highest BCUT2D eigenvalue weighted by Gasteiger charge is 2.44. The first-order valence-electron chi connectivity index (χ1n) is 25.8. The lowest BCUT2D eigenvalue weighted by atomic mass is 9.99. The van der Waals surface area contributed by atoms with Crippen molar-refractivity contribution in [1.82, 2.24) is 5.32 Å². The monoisotopic (exact) mass is 894 g/mol. The Bertz CT molecular complexity index is 1150. The maximum Gasteiger partial charge on any atom is 0.305 e. The lowest BCUT2D eigenvalue weighted by molar-refractivity contribution is -0.302. The molecule has 6 N–H and O–H groups in total. The van der Waals surface area contributed by atoms with Gasteiger partial charge in [-0.15, -0.1) is 0 Å². The van der Waals surface area contributed by atoms with E-state index < -0.39 is 49.5 Å². The Morgan fingerprint density at radius 1 is 0.587 bits per heavy atom. The van der Waals surface area contributed by atoms with E-state index in [4.69, 9.17) is 14.2 Å². The second-order valence-corrected chi connectivity index (χ2v) is 17.9. The van der Waals surface area contributed by atoms with Gasteiger partial charge in [0, 0.05) is 12.8 Å². The smallest absolute Gasteiger partial charge is 0.305 e. The zero-order valence-corrected chi connectivity index (χ0v) is 40.0. The average molecular weight is 894 g/mol. The predicted molar refractivity (Wildman–Crippen MR) is 255 cm³/mol. The number of carbonyl (C=O) groups excluding carboxylic acids is 2. The van der Waals surface area contributed by atoms with Crippen LogP contribution in [0.5, 0.6) is 0 Å². The van der Waals surface area contributed by atoms with Crippen molar-refractivity contribution in [3.63, 3.8) is 0 Å². The van der Waals surface area contributed by atoms with Gasteiger partial charge in [0.25, 0.3) is 0 Å². The van der Waals surface area contributed by atoms with Crippen molar-refractivity contribution in [2.75, 3.05) is 19.8 Å². The highest BCUT2D eigenvalue weighted by Crippen LogP contribution is 2.23. The normalized spacial score (nSPS) is 20.3. The Morgan fingerprint density at radius 3 is 1.63 bits per heavy atom. The zero-order chi connectivity index (χ0) is 46.0. The summed E-state index contributed by atoms with van der Waals surface area (Å²) in [6.45, 7) is 4.21. The third kappa shape index (κ3) is 33.1. The maximum atomic E-state index is 12.9. The Morgan fingerprint density at radius 2 is 1.08 bits per heavy atom. The van der Waals surface area contributed by atoms with E-state index in [0.29, 0.717) is 19.4 Å². The Hall–Kier alpha value is -2.12. The number of esters is 1. The molecule has 0 saturated carbocycles. The second-order valence-electron chi connectivity index (χ2n) is 17.9. The molecule has 63 heavy (non-hydrogen) atoms. The van der Waals surface area contributed by atoms with Gasteiger partial charge in [-0.1, -0.05) is 192 Å². The van der Waals surface area contributed by atoms with Crippen LogP contribution >= 0.6 is 0 Å². The van der Waals surface area contributed by atoms with E-state index in [1.807, 2.05) is 18.2 Å². The van der Waals surface area contributed by atoms with Crippen LogP contribution in [0.15, 0.2) is 36.5 Å². The van der Waals surface area contributed by atoms with Gasteiger partial charge >= 0.3 is 5.97 Å². The molecule has 1 heterocycles. The first-order chi connectivity index (χ1) is 30.7. The third-order valence-corrected chi connectivity index (χ3v) is 12.0. The van der Waals surface area contributed by atoms with E-state index in [9.17, 15) is 35.1 Å². The molecule has 368 valence electrons. The van der Waals surface area contributed by atoms with Crippen LogP contribution in [-0.4, -0.2) is 100 Å². The van der Waals surface area contributed by atoms with Crippen LogP contribution in [0, 0.1) is 0 Å². The van der Waals surface area contributed by atoms with Crippen molar-refractivity contribution in [3.8, 4) is 0 Å². The lowest BCUT2D eigenvalue weighted by Crippen LogP contribution is -2.60. The molecule has 1 amide bonds. The summed E-state index contributed by atoms with van der Waals surface area (Å²) < 4.78 is 16.6. The van der Waals surface area contributed by atoms with Crippen LogP contribution in [0.2, 0.25) is 0 Å². The van der Waals surface area contributed by atoms with E-state index in [0.717, 1.165) is 70.6 Å². The molecule has 1 fully saturated rings. The summed E-state index contributed by atoms with van der Waals surface area (Å²) in [6.07, 6.45) is 39.5. The Labute approximate surface area is 383 Å². The van der Waals surface area contributed by atoms with E-state index in [2.05, 4.69) is 31.3 Å². The quantitative estimate of drug-likeness (QED) is 0.0196. The summed E-state index contributed by atoms with van der Waals surface area (Å²) >= 11 is 0. The van der Waals surface area contributed by atoms with Crippen LogP contribution in [0.4, 0.5) is 0 Å². The summed E-state index contributed by atoms with van der Waals surface area (Å²) in [6, 6.07) is -0.852. The van der Waals surface area contributed by atoms with E-state index in [1.165, 1.54) is 116 Å². The number of rotatable bonds is 43. The molecule has 1 aliphatic heterocycles. The third-order valence-electron chi connectivity index (χ3n) is 12.0. The van der Waals surface area contributed by atoms with Gasteiger partial charge in [-0.3, -0.25) is 9.59 Å². The molecule has 1 saturated heterocycles. The highest BCUT2D eigenvalue weighted by molar-refractivity contribution is 5.76. The SMILES string of the molecule is CCCCCCCCCC/C=C/C(O)C(COC1OC(CO)C(O)C(O)C1O)NC(=O)CC/C=C\C/C=C\CCCCCCCCOC(=O)CCCCCCCCCCCCCC. The molecule has 0 aromatic heterocycles. The van der Waals surface area contributed by atoms with Crippen LogP contribution in [0.3, 0.4) is 0 Å². The van der Waals surface area contributed by atoms with Crippen molar-refractivity contribution in [1.29, 1.82) is 0 Å². The predicted octanol–water partition coefficient (Wildman–Crippen LogP) is 10.4. The van der Waals surface area contributed by atoms with Crippen molar-refractivity contribution < 1.29 is 49.3 Å². The molecule has 0 aromatic rings. The average Bonchev–Trinajstić information content (AvgIpc) is 3.28. The van der Waals surface area contributed by atoms with Gasteiger partial charge in [0.05, 0.1) is 32.0 Å². The number of allylic oxidation sites excluding steroid dienone is 5. The molecule has 0 spiro atoms. The van der Waals surface area contributed by atoms with Gasteiger partial charge in [-0.05, 0) is 51.4 Å². The van der Waals surface area contributed by atoms with Crippen molar-refractivity contribution in [3.05, 3.63) is 36.5 Å². The van der Waals surface area contributed by atoms with Crippen molar-refractivity contribution >= 4 is 11.9 Å². The number of ether oxygens (including phenoxy) is 3. The molecule has 11 nitrogen and oxygen atoms in total. The molecule has 0 bridgehead atoms. The minimum atomic E-state index is -1.59. The fourth-order valence-corrected chi connectivity index (χ4v) is 7.84. The Balaban J connectivity index is 2.21. The first-order valence-corrected chi connectivity index (χ1v) is 25.8. The van der Waals surface area contributed by atoms with Gasteiger partial charge in [0.15, 0.2) is 6.29 Å². The van der Waals surface area contributed by atoms with Crippen LogP contribution in [0.25, 0.3) is 0 Å². The van der Waals surface area contributed by atoms with Crippen molar-refractivity contribution in [2.24, 2.45) is 0 Å².